The lowest BCUT2D eigenvalue weighted by Gasteiger charge is -2.30. The second-order valence-electron chi connectivity index (χ2n) is 23.8. The number of benzene rings is 6. The number of rotatable bonds is 41. The summed E-state index contributed by atoms with van der Waals surface area (Å²) in [4.78, 5) is 42.1. The van der Waals surface area contributed by atoms with Crippen molar-refractivity contribution in [1.82, 2.24) is 0 Å². The van der Waals surface area contributed by atoms with Gasteiger partial charge in [0, 0.05) is 25.2 Å². The molecule has 0 aliphatic carbocycles. The summed E-state index contributed by atoms with van der Waals surface area (Å²) in [5.41, 5.74) is 15.0. The maximum Gasteiger partial charge on any atom is 0.311 e. The monoisotopic (exact) mass is 1260 g/mol. The van der Waals surface area contributed by atoms with Gasteiger partial charge >= 0.3 is 17.9 Å². The molecule has 6 aromatic carbocycles. The first-order chi connectivity index (χ1) is 45.4. The summed E-state index contributed by atoms with van der Waals surface area (Å²) in [6.07, 6.45) is 28.6. The summed E-state index contributed by atoms with van der Waals surface area (Å²) < 4.78 is 19.0. The molecular weight excluding hydrogens is 1160 g/mol. The van der Waals surface area contributed by atoms with Crippen LogP contribution in [0.1, 0.15) is 145 Å². The van der Waals surface area contributed by atoms with E-state index in [1.165, 1.54) is 0 Å². The quantitative estimate of drug-likeness (QED) is 0.0194. The minimum atomic E-state index is -0.422. The van der Waals surface area contributed by atoms with E-state index in [0.717, 1.165) is 100 Å². The van der Waals surface area contributed by atoms with Gasteiger partial charge in [-0.15, -0.1) is 78.9 Å². The number of carbonyl (C=O) groups excluding carboxylic acids is 3. The Morgan fingerprint density at radius 1 is 0.319 bits per heavy atom. The Morgan fingerprint density at radius 2 is 0.532 bits per heavy atom. The van der Waals surface area contributed by atoms with Gasteiger partial charge in [-0.1, -0.05) is 134 Å². The molecule has 0 saturated carbocycles. The van der Waals surface area contributed by atoms with Crippen LogP contribution in [-0.4, -0.2) is 33.2 Å². The average Bonchev–Trinajstić information content (AvgIpc) is 0.773. The van der Waals surface area contributed by atoms with Gasteiger partial charge in [-0.3, -0.25) is 14.4 Å². The molecule has 0 aliphatic heterocycles. The highest BCUT2D eigenvalue weighted by molar-refractivity contribution is 5.75. The average molecular weight is 1260 g/mol. The number of hydrogen-bond donors (Lipinski definition) is 3. The van der Waals surface area contributed by atoms with Crippen molar-refractivity contribution in [2.75, 3.05) is 0 Å². The van der Waals surface area contributed by atoms with Crippen molar-refractivity contribution >= 4 is 17.9 Å². The van der Waals surface area contributed by atoms with E-state index in [2.05, 4.69) is 104 Å². The highest BCUT2D eigenvalue weighted by Crippen LogP contribution is 2.45. The van der Waals surface area contributed by atoms with E-state index >= 15 is 0 Å². The van der Waals surface area contributed by atoms with E-state index in [1.54, 1.807) is 54.7 Å². The molecule has 0 saturated heterocycles. The highest BCUT2D eigenvalue weighted by Gasteiger charge is 2.29. The van der Waals surface area contributed by atoms with Crippen molar-refractivity contribution in [3.05, 3.63) is 325 Å². The predicted octanol–water partition coefficient (Wildman–Crippen LogP) is 18.5. The Bertz CT molecular complexity index is 3590. The molecule has 0 aromatic heterocycles. The molecule has 0 spiro atoms. The normalized spacial score (nSPS) is 11.2. The largest absolute Gasteiger partial charge is 0.507 e. The molecule has 3 N–H and O–H groups in total. The Kier molecular flexibility index (Phi) is 28.7. The van der Waals surface area contributed by atoms with Crippen molar-refractivity contribution < 1.29 is 43.9 Å². The van der Waals surface area contributed by atoms with E-state index in [9.17, 15) is 29.7 Å². The van der Waals surface area contributed by atoms with Crippen LogP contribution in [0.2, 0.25) is 0 Å². The number of ether oxygens (including phenoxy) is 3. The third-order valence-corrected chi connectivity index (χ3v) is 16.7. The third-order valence-electron chi connectivity index (χ3n) is 16.7. The lowest BCUT2D eigenvalue weighted by molar-refractivity contribution is -0.135. The van der Waals surface area contributed by atoms with Gasteiger partial charge in [-0.05, 0) is 227 Å². The molecule has 6 aromatic rings. The predicted molar refractivity (Wildman–Crippen MR) is 387 cm³/mol. The molecule has 94 heavy (non-hydrogen) atoms. The van der Waals surface area contributed by atoms with Crippen molar-refractivity contribution in [1.29, 1.82) is 0 Å². The molecule has 6 rings (SSSR count). The van der Waals surface area contributed by atoms with E-state index < -0.39 is 17.9 Å². The molecule has 0 radical (unpaired) electrons. The smallest absolute Gasteiger partial charge is 0.311 e. The zero-order chi connectivity index (χ0) is 68.3. The number of phenolic OH excluding ortho intramolecular Hbond substituents is 3. The maximum atomic E-state index is 14.1. The number of allylic oxidation sites excluding steroid dienone is 12. The molecule has 9 heteroatoms. The Balaban J connectivity index is 1.47. The second-order valence-corrected chi connectivity index (χ2v) is 23.8. The minimum Gasteiger partial charge on any atom is -0.507 e. The first-order valence-corrected chi connectivity index (χ1v) is 32.4. The lowest BCUT2D eigenvalue weighted by atomic mass is 9.75. The van der Waals surface area contributed by atoms with Crippen LogP contribution in [0, 0.1) is 0 Å². The molecule has 0 heterocycles. The van der Waals surface area contributed by atoms with E-state index in [4.69, 9.17) is 14.2 Å². The maximum absolute atomic E-state index is 14.1. The molecule has 0 fully saturated rings. The number of hydrogen-bond acceptors (Lipinski definition) is 9. The first-order valence-electron chi connectivity index (χ1n) is 32.4. The molecule has 1 atom stereocenters. The van der Waals surface area contributed by atoms with Crippen molar-refractivity contribution in [3.63, 3.8) is 0 Å². The number of carbonyl (C=O) groups is 3. The molecular formula is C85H94O9. The van der Waals surface area contributed by atoms with Crippen LogP contribution >= 0.6 is 0 Å². The highest BCUT2D eigenvalue weighted by atomic mass is 16.5. The fourth-order valence-corrected chi connectivity index (χ4v) is 12.4. The van der Waals surface area contributed by atoms with E-state index in [0.29, 0.717) is 120 Å². The molecule has 0 amide bonds. The third kappa shape index (κ3) is 19.8. The van der Waals surface area contributed by atoms with Gasteiger partial charge in [-0.2, -0.15) is 0 Å². The molecule has 9 nitrogen and oxygen atoms in total. The van der Waals surface area contributed by atoms with Gasteiger partial charge in [0.05, 0.1) is 0 Å². The Morgan fingerprint density at radius 3 is 0.777 bits per heavy atom. The topological polar surface area (TPSA) is 140 Å². The standard InChI is InChI=1S/C85H94O9/c1-14-26-61-54-77(92-80(86)41-38-58-45-67(32-20-7)83(89)68(46-58)33-21-8)64(29-17-4)51-73(61)57(13)44-76(74-52-65(30-18-5)78(55-62(74)27-15-2)93-81(87)42-39-59-47-69(34-22-9)84(90)70(48-59)35-23-10)75-53-66(31-19-6)79(56-63(75)28-16-3)94-82(88)43-40-60-49-71(36-24-11)85(91)72(50-60)37-25-12/h14-25,45-57,76,89-91H,1-12,26-44H2,13H3. The van der Waals surface area contributed by atoms with E-state index in [-0.39, 0.29) is 48.3 Å². The lowest BCUT2D eigenvalue weighted by Crippen LogP contribution is -2.16. The van der Waals surface area contributed by atoms with Crippen LogP contribution in [0.15, 0.2) is 225 Å². The Labute approximate surface area is 559 Å². The van der Waals surface area contributed by atoms with Gasteiger partial charge in [0.1, 0.15) is 34.5 Å². The van der Waals surface area contributed by atoms with Crippen LogP contribution in [0.5, 0.6) is 34.5 Å². The van der Waals surface area contributed by atoms with Crippen LogP contribution in [-0.2, 0) is 111 Å². The van der Waals surface area contributed by atoms with Gasteiger partial charge in [0.15, 0.2) is 0 Å². The van der Waals surface area contributed by atoms with Gasteiger partial charge < -0.3 is 29.5 Å². The van der Waals surface area contributed by atoms with Crippen molar-refractivity contribution in [3.8, 4) is 34.5 Å². The summed E-state index contributed by atoms with van der Waals surface area (Å²) >= 11 is 0. The summed E-state index contributed by atoms with van der Waals surface area (Å²) in [6, 6.07) is 23.7. The van der Waals surface area contributed by atoms with Crippen LogP contribution in [0.4, 0.5) is 0 Å². The molecule has 1 unspecified atom stereocenters. The summed E-state index contributed by atoms with van der Waals surface area (Å²) in [5, 5.41) is 32.9. The molecule has 0 aliphatic rings. The van der Waals surface area contributed by atoms with E-state index in [1.807, 2.05) is 72.8 Å². The number of aromatic hydroxyl groups is 3. The fourth-order valence-electron chi connectivity index (χ4n) is 12.4. The number of phenols is 3. The second kappa shape index (κ2) is 36.9. The summed E-state index contributed by atoms with van der Waals surface area (Å²) in [6.45, 7) is 50.3. The molecule has 0 bridgehead atoms. The van der Waals surface area contributed by atoms with Gasteiger partial charge in [0.2, 0.25) is 0 Å². The Hall–Kier alpha value is -9.99. The van der Waals surface area contributed by atoms with Gasteiger partial charge in [-0.25, -0.2) is 0 Å². The van der Waals surface area contributed by atoms with Crippen molar-refractivity contribution in [2.45, 2.75) is 141 Å². The van der Waals surface area contributed by atoms with Crippen LogP contribution < -0.4 is 14.2 Å². The van der Waals surface area contributed by atoms with Crippen LogP contribution in [0.3, 0.4) is 0 Å². The van der Waals surface area contributed by atoms with Crippen molar-refractivity contribution in [2.24, 2.45) is 0 Å². The fraction of sp³-hybridized carbons (Fsp3) is 0.259. The SMILES string of the molecule is C=CCc1cc(C(C)CC(c2cc(CC=C)c(OC(=O)CCc3cc(CC=C)c(O)c(CC=C)c3)cc2CC=C)c2cc(CC=C)c(OC(=O)CCc3cc(CC=C)c(O)c(CC=C)c3)cc2CC=C)c(CC=C)cc1OC(=O)CCc1cc(CC=C)c(O)c(CC=C)c1. The zero-order valence-corrected chi connectivity index (χ0v) is 55.2. The number of esters is 3. The van der Waals surface area contributed by atoms with Gasteiger partial charge in [0.25, 0.3) is 0 Å². The van der Waals surface area contributed by atoms with Crippen LogP contribution in [0.25, 0.3) is 0 Å². The molecule has 488 valence electrons. The number of aryl methyl sites for hydroxylation is 3. The first kappa shape index (κ1) is 73.1. The summed E-state index contributed by atoms with van der Waals surface area (Å²) in [7, 11) is 0. The zero-order valence-electron chi connectivity index (χ0n) is 55.2. The summed E-state index contributed by atoms with van der Waals surface area (Å²) in [5.74, 6) is 0.110. The minimum absolute atomic E-state index is 0.0726.